The van der Waals surface area contributed by atoms with E-state index in [-0.39, 0.29) is 24.9 Å². The number of alkyl halides is 3. The van der Waals surface area contributed by atoms with E-state index in [1.165, 1.54) is 11.1 Å². The monoisotopic (exact) mass is 383 g/mol. The largest absolute Gasteiger partial charge is 0.391 e. The minimum Gasteiger partial charge on any atom is -0.337 e. The summed E-state index contributed by atoms with van der Waals surface area (Å²) in [4.78, 5) is 14.5. The number of rotatable bonds is 4. The standard InChI is InChI=1S/C20H28F3N3O/c1-14(26-10-9-15-5-2-3-6-16(15)13-26)12-24-19(27)25-18-8-4-7-17(11-18)20(21,22)23/h2-3,5-6,14,17-18H,4,7-13H2,1H3,(H2,24,25,27)/t14-,17+,18-/m1/s1. The Morgan fingerprint density at radius 1 is 1.26 bits per heavy atom. The normalized spacial score (nSPS) is 24.7. The van der Waals surface area contributed by atoms with Crippen LogP contribution in [0.5, 0.6) is 0 Å². The highest BCUT2D eigenvalue weighted by Gasteiger charge is 2.42. The van der Waals surface area contributed by atoms with Gasteiger partial charge in [0.15, 0.2) is 0 Å². The second-order valence-corrected chi connectivity index (χ2v) is 7.79. The molecule has 27 heavy (non-hydrogen) atoms. The second-order valence-electron chi connectivity index (χ2n) is 7.79. The minimum atomic E-state index is -4.17. The van der Waals surface area contributed by atoms with Crippen molar-refractivity contribution in [1.82, 2.24) is 15.5 Å². The molecule has 1 aliphatic carbocycles. The number of nitrogens with one attached hydrogen (secondary N) is 2. The predicted molar refractivity (Wildman–Crippen MR) is 98.4 cm³/mol. The number of benzene rings is 1. The number of carbonyl (C=O) groups is 1. The van der Waals surface area contributed by atoms with Gasteiger partial charge in [-0.3, -0.25) is 4.90 Å². The smallest absolute Gasteiger partial charge is 0.337 e. The molecule has 1 saturated carbocycles. The predicted octanol–water partition coefficient (Wildman–Crippen LogP) is 3.85. The lowest BCUT2D eigenvalue weighted by molar-refractivity contribution is -0.183. The van der Waals surface area contributed by atoms with Gasteiger partial charge in [0.1, 0.15) is 0 Å². The van der Waals surface area contributed by atoms with E-state index in [0.29, 0.717) is 19.4 Å². The zero-order valence-electron chi connectivity index (χ0n) is 15.7. The van der Waals surface area contributed by atoms with E-state index in [0.717, 1.165) is 19.5 Å². The van der Waals surface area contributed by atoms with Gasteiger partial charge in [-0.2, -0.15) is 13.2 Å². The Hall–Kier alpha value is -1.76. The lowest BCUT2D eigenvalue weighted by atomic mass is 9.85. The van der Waals surface area contributed by atoms with Crippen molar-refractivity contribution in [1.29, 1.82) is 0 Å². The van der Waals surface area contributed by atoms with Crippen molar-refractivity contribution in [3.05, 3.63) is 35.4 Å². The minimum absolute atomic E-state index is 0.0185. The van der Waals surface area contributed by atoms with Crippen molar-refractivity contribution in [2.75, 3.05) is 13.1 Å². The SMILES string of the molecule is C[C@H](CNC(=O)N[C@@H]1CCC[C@H](C(F)(F)F)C1)N1CCc2ccccc2C1. The molecule has 0 unspecified atom stereocenters. The molecule has 1 heterocycles. The van der Waals surface area contributed by atoms with Crippen molar-refractivity contribution in [2.24, 2.45) is 5.92 Å². The molecule has 7 heteroatoms. The molecule has 3 atom stereocenters. The fourth-order valence-corrected chi connectivity index (χ4v) is 4.12. The molecule has 1 aliphatic heterocycles. The van der Waals surface area contributed by atoms with Gasteiger partial charge >= 0.3 is 12.2 Å². The highest BCUT2D eigenvalue weighted by molar-refractivity contribution is 5.74. The molecule has 2 aliphatic rings. The molecule has 0 spiro atoms. The zero-order chi connectivity index (χ0) is 19.4. The molecular formula is C20H28F3N3O. The third-order valence-corrected chi connectivity index (χ3v) is 5.81. The summed E-state index contributed by atoms with van der Waals surface area (Å²) in [6.07, 6.45) is -1.92. The molecular weight excluding hydrogens is 355 g/mol. The lowest BCUT2D eigenvalue weighted by Gasteiger charge is -2.34. The van der Waals surface area contributed by atoms with Gasteiger partial charge in [-0.1, -0.05) is 30.7 Å². The van der Waals surface area contributed by atoms with Gasteiger partial charge in [0.05, 0.1) is 5.92 Å². The maximum atomic E-state index is 12.9. The Balaban J connectivity index is 1.43. The molecule has 150 valence electrons. The molecule has 0 saturated heterocycles. The molecule has 1 fully saturated rings. The highest BCUT2D eigenvalue weighted by Crippen LogP contribution is 2.37. The van der Waals surface area contributed by atoms with Gasteiger partial charge in [0, 0.05) is 31.7 Å². The molecule has 2 N–H and O–H groups in total. The summed E-state index contributed by atoms with van der Waals surface area (Å²) in [5.41, 5.74) is 2.70. The van der Waals surface area contributed by atoms with E-state index in [1.807, 2.05) is 6.07 Å². The van der Waals surface area contributed by atoms with Crippen LogP contribution < -0.4 is 10.6 Å². The van der Waals surface area contributed by atoms with Crippen LogP contribution in [0.4, 0.5) is 18.0 Å². The van der Waals surface area contributed by atoms with Crippen LogP contribution in [-0.2, 0) is 13.0 Å². The summed E-state index contributed by atoms with van der Waals surface area (Å²) in [7, 11) is 0. The van der Waals surface area contributed by atoms with Gasteiger partial charge in [-0.25, -0.2) is 4.79 Å². The van der Waals surface area contributed by atoms with Crippen LogP contribution >= 0.6 is 0 Å². The first kappa shape index (κ1) is 20.0. The molecule has 4 nitrogen and oxygen atoms in total. The van der Waals surface area contributed by atoms with Gasteiger partial charge in [-0.15, -0.1) is 0 Å². The van der Waals surface area contributed by atoms with Gasteiger partial charge in [0.2, 0.25) is 0 Å². The fraction of sp³-hybridized carbons (Fsp3) is 0.650. The van der Waals surface area contributed by atoms with E-state index in [4.69, 9.17) is 0 Å². The summed E-state index contributed by atoms with van der Waals surface area (Å²) in [5, 5.41) is 5.56. The summed E-state index contributed by atoms with van der Waals surface area (Å²) < 4.78 is 38.7. The van der Waals surface area contributed by atoms with Crippen molar-refractivity contribution in [3.8, 4) is 0 Å². The molecule has 1 aromatic rings. The zero-order valence-corrected chi connectivity index (χ0v) is 15.7. The Morgan fingerprint density at radius 2 is 2.00 bits per heavy atom. The van der Waals surface area contributed by atoms with Crippen LogP contribution in [0.25, 0.3) is 0 Å². The topological polar surface area (TPSA) is 44.4 Å². The van der Waals surface area contributed by atoms with E-state index in [2.05, 4.69) is 40.7 Å². The van der Waals surface area contributed by atoms with Crippen LogP contribution in [0, 0.1) is 5.92 Å². The van der Waals surface area contributed by atoms with Crippen molar-refractivity contribution in [2.45, 2.75) is 63.8 Å². The van der Waals surface area contributed by atoms with Gasteiger partial charge < -0.3 is 10.6 Å². The van der Waals surface area contributed by atoms with Crippen LogP contribution in [0.15, 0.2) is 24.3 Å². The van der Waals surface area contributed by atoms with Gasteiger partial charge in [-0.05, 0) is 43.7 Å². The van der Waals surface area contributed by atoms with E-state index >= 15 is 0 Å². The average molecular weight is 383 g/mol. The molecule has 0 aromatic heterocycles. The van der Waals surface area contributed by atoms with Crippen LogP contribution in [0.3, 0.4) is 0 Å². The van der Waals surface area contributed by atoms with E-state index < -0.39 is 18.1 Å². The van der Waals surface area contributed by atoms with Crippen LogP contribution in [0.2, 0.25) is 0 Å². The number of hydrogen-bond acceptors (Lipinski definition) is 2. The second kappa shape index (κ2) is 8.50. The summed E-state index contributed by atoms with van der Waals surface area (Å²) in [5.74, 6) is -1.30. The van der Waals surface area contributed by atoms with Crippen LogP contribution in [0.1, 0.15) is 43.7 Å². The van der Waals surface area contributed by atoms with E-state index in [9.17, 15) is 18.0 Å². The Morgan fingerprint density at radius 3 is 2.74 bits per heavy atom. The van der Waals surface area contributed by atoms with Crippen molar-refractivity contribution >= 4 is 6.03 Å². The first-order valence-electron chi connectivity index (χ1n) is 9.75. The number of halogens is 3. The number of carbonyl (C=O) groups excluding carboxylic acids is 1. The summed E-state index contributed by atoms with van der Waals surface area (Å²) in [6.45, 7) is 4.34. The molecule has 2 amide bonds. The quantitative estimate of drug-likeness (QED) is 0.829. The molecule has 1 aromatic carbocycles. The van der Waals surface area contributed by atoms with Crippen LogP contribution in [-0.4, -0.2) is 42.3 Å². The third-order valence-electron chi connectivity index (χ3n) is 5.81. The first-order chi connectivity index (χ1) is 12.8. The van der Waals surface area contributed by atoms with Crippen molar-refractivity contribution in [3.63, 3.8) is 0 Å². The third kappa shape index (κ3) is 5.37. The Kier molecular flexibility index (Phi) is 6.29. The number of fused-ring (bicyclic) bond motifs is 1. The van der Waals surface area contributed by atoms with E-state index in [1.54, 1.807) is 0 Å². The number of amides is 2. The maximum absolute atomic E-state index is 12.9. The molecule has 0 bridgehead atoms. The Bertz CT molecular complexity index is 650. The fourth-order valence-electron chi connectivity index (χ4n) is 4.12. The summed E-state index contributed by atoms with van der Waals surface area (Å²) >= 11 is 0. The lowest BCUT2D eigenvalue weighted by Crippen LogP contribution is -2.49. The molecule has 3 rings (SSSR count). The highest BCUT2D eigenvalue weighted by atomic mass is 19.4. The first-order valence-corrected chi connectivity index (χ1v) is 9.75. The average Bonchev–Trinajstić information content (AvgIpc) is 2.65. The number of urea groups is 1. The Labute approximate surface area is 158 Å². The number of nitrogens with zero attached hydrogens (tertiary/aromatic N) is 1. The number of hydrogen-bond donors (Lipinski definition) is 2. The van der Waals surface area contributed by atoms with Crippen molar-refractivity contribution < 1.29 is 18.0 Å². The summed E-state index contributed by atoms with van der Waals surface area (Å²) in [6, 6.07) is 7.78. The molecule has 0 radical (unpaired) electrons. The van der Waals surface area contributed by atoms with Gasteiger partial charge in [0.25, 0.3) is 0 Å². The maximum Gasteiger partial charge on any atom is 0.391 e.